The highest BCUT2D eigenvalue weighted by Crippen LogP contribution is 2.30. The van der Waals surface area contributed by atoms with E-state index in [-0.39, 0.29) is 12.4 Å². The van der Waals surface area contributed by atoms with Gasteiger partial charge in [-0.05, 0) is 31.4 Å². The average Bonchev–Trinajstić information content (AvgIpc) is 2.30. The Morgan fingerprint density at radius 3 is 2.56 bits per heavy atom. The SMILES string of the molecule is NCc1cc(N2CCCCC2)c(Cl)cc1F. The van der Waals surface area contributed by atoms with Crippen molar-refractivity contribution in [3.05, 3.63) is 28.5 Å². The van der Waals surface area contributed by atoms with Gasteiger partial charge in [0.15, 0.2) is 0 Å². The van der Waals surface area contributed by atoms with Gasteiger partial charge in [-0.1, -0.05) is 11.6 Å². The third-order valence-corrected chi connectivity index (χ3v) is 3.34. The predicted molar refractivity (Wildman–Crippen MR) is 65.4 cm³/mol. The molecule has 0 atom stereocenters. The summed E-state index contributed by atoms with van der Waals surface area (Å²) in [6, 6.07) is 3.15. The Balaban J connectivity index is 2.31. The first-order chi connectivity index (χ1) is 7.72. The van der Waals surface area contributed by atoms with Crippen molar-refractivity contribution in [3.8, 4) is 0 Å². The minimum absolute atomic E-state index is 0.212. The van der Waals surface area contributed by atoms with E-state index in [9.17, 15) is 4.39 Å². The number of halogens is 2. The van der Waals surface area contributed by atoms with Crippen LogP contribution in [0.4, 0.5) is 10.1 Å². The second kappa shape index (κ2) is 5.02. The van der Waals surface area contributed by atoms with E-state index < -0.39 is 0 Å². The first kappa shape index (κ1) is 11.7. The molecule has 2 nitrogen and oxygen atoms in total. The van der Waals surface area contributed by atoms with E-state index in [0.717, 1.165) is 18.8 Å². The quantitative estimate of drug-likeness (QED) is 0.864. The van der Waals surface area contributed by atoms with Gasteiger partial charge in [-0.2, -0.15) is 0 Å². The van der Waals surface area contributed by atoms with Gasteiger partial charge in [-0.15, -0.1) is 0 Å². The molecule has 2 N–H and O–H groups in total. The molecule has 1 saturated heterocycles. The van der Waals surface area contributed by atoms with E-state index in [4.69, 9.17) is 17.3 Å². The summed E-state index contributed by atoms with van der Waals surface area (Å²) in [6.07, 6.45) is 3.61. The third kappa shape index (κ3) is 2.30. The molecular weight excluding hydrogens is 227 g/mol. The van der Waals surface area contributed by atoms with Gasteiger partial charge in [0.25, 0.3) is 0 Å². The minimum atomic E-state index is -0.312. The molecule has 88 valence electrons. The molecule has 2 rings (SSSR count). The van der Waals surface area contributed by atoms with Crippen molar-refractivity contribution in [2.75, 3.05) is 18.0 Å². The average molecular weight is 243 g/mol. The van der Waals surface area contributed by atoms with Gasteiger partial charge in [0.1, 0.15) is 5.82 Å². The molecule has 1 fully saturated rings. The van der Waals surface area contributed by atoms with Crippen LogP contribution in [-0.2, 0) is 6.54 Å². The van der Waals surface area contributed by atoms with Crippen molar-refractivity contribution in [1.29, 1.82) is 0 Å². The van der Waals surface area contributed by atoms with Gasteiger partial charge < -0.3 is 10.6 Å². The minimum Gasteiger partial charge on any atom is -0.370 e. The van der Waals surface area contributed by atoms with Gasteiger partial charge in [0.05, 0.1) is 10.7 Å². The van der Waals surface area contributed by atoms with Gasteiger partial charge in [0, 0.05) is 25.2 Å². The highest BCUT2D eigenvalue weighted by atomic mass is 35.5. The number of anilines is 1. The second-order valence-corrected chi connectivity index (χ2v) is 4.55. The van der Waals surface area contributed by atoms with Crippen LogP contribution in [-0.4, -0.2) is 13.1 Å². The molecule has 1 aliphatic rings. The fourth-order valence-electron chi connectivity index (χ4n) is 2.11. The molecule has 1 aromatic rings. The maximum Gasteiger partial charge on any atom is 0.129 e. The van der Waals surface area contributed by atoms with Crippen molar-refractivity contribution in [2.24, 2.45) is 5.73 Å². The number of rotatable bonds is 2. The lowest BCUT2D eigenvalue weighted by molar-refractivity contribution is 0.575. The molecule has 0 saturated carbocycles. The zero-order valence-electron chi connectivity index (χ0n) is 9.18. The summed E-state index contributed by atoms with van der Waals surface area (Å²) in [5, 5.41) is 0.483. The molecule has 1 aromatic carbocycles. The predicted octanol–water partition coefficient (Wildman–Crippen LogP) is 2.93. The molecular formula is C12H16ClFN2. The Hall–Kier alpha value is -0.800. The molecule has 0 radical (unpaired) electrons. The number of nitrogens with zero attached hydrogens (tertiary/aromatic N) is 1. The van der Waals surface area contributed by atoms with Crippen LogP contribution >= 0.6 is 11.6 Å². The van der Waals surface area contributed by atoms with E-state index >= 15 is 0 Å². The number of piperidine rings is 1. The Morgan fingerprint density at radius 2 is 1.94 bits per heavy atom. The number of benzene rings is 1. The first-order valence-electron chi connectivity index (χ1n) is 5.65. The zero-order valence-corrected chi connectivity index (χ0v) is 9.93. The number of nitrogens with two attached hydrogens (primary N) is 1. The molecule has 1 aliphatic heterocycles. The zero-order chi connectivity index (χ0) is 11.5. The second-order valence-electron chi connectivity index (χ2n) is 4.15. The van der Waals surface area contributed by atoms with Crippen molar-refractivity contribution in [1.82, 2.24) is 0 Å². The van der Waals surface area contributed by atoms with E-state index in [1.807, 2.05) is 0 Å². The van der Waals surface area contributed by atoms with Crippen LogP contribution in [0.1, 0.15) is 24.8 Å². The summed E-state index contributed by atoms with van der Waals surface area (Å²) in [7, 11) is 0. The summed E-state index contributed by atoms with van der Waals surface area (Å²) in [4.78, 5) is 2.21. The van der Waals surface area contributed by atoms with E-state index in [1.165, 1.54) is 25.3 Å². The van der Waals surface area contributed by atoms with Crippen LogP contribution in [0.5, 0.6) is 0 Å². The topological polar surface area (TPSA) is 29.3 Å². The fourth-order valence-corrected chi connectivity index (χ4v) is 2.38. The van der Waals surface area contributed by atoms with Crippen molar-refractivity contribution < 1.29 is 4.39 Å². The van der Waals surface area contributed by atoms with Gasteiger partial charge in [0.2, 0.25) is 0 Å². The monoisotopic (exact) mass is 242 g/mol. The highest BCUT2D eigenvalue weighted by molar-refractivity contribution is 6.33. The van der Waals surface area contributed by atoms with Crippen molar-refractivity contribution in [3.63, 3.8) is 0 Å². The maximum atomic E-state index is 13.4. The van der Waals surface area contributed by atoms with Crippen LogP contribution in [0.25, 0.3) is 0 Å². The molecule has 0 unspecified atom stereocenters. The standard InChI is InChI=1S/C12H16ClFN2/c13-10-7-11(14)9(8-15)6-12(10)16-4-2-1-3-5-16/h6-7H,1-5,8,15H2. The van der Waals surface area contributed by atoms with Gasteiger partial charge in [-0.25, -0.2) is 4.39 Å². The smallest absolute Gasteiger partial charge is 0.129 e. The maximum absolute atomic E-state index is 13.4. The highest BCUT2D eigenvalue weighted by Gasteiger charge is 2.16. The summed E-state index contributed by atoms with van der Waals surface area (Å²) in [6.45, 7) is 2.20. The fraction of sp³-hybridized carbons (Fsp3) is 0.500. The van der Waals surface area contributed by atoms with Crippen molar-refractivity contribution in [2.45, 2.75) is 25.8 Å². The summed E-state index contributed by atoms with van der Waals surface area (Å²) in [5.41, 5.74) is 6.95. The molecule has 4 heteroatoms. The number of hydrogen-bond acceptors (Lipinski definition) is 2. The molecule has 0 aliphatic carbocycles. The Morgan fingerprint density at radius 1 is 1.25 bits per heavy atom. The van der Waals surface area contributed by atoms with Crippen LogP contribution in [0.15, 0.2) is 12.1 Å². The summed E-state index contributed by atoms with van der Waals surface area (Å²) >= 11 is 6.07. The lowest BCUT2D eigenvalue weighted by Crippen LogP contribution is -2.29. The Kier molecular flexibility index (Phi) is 3.66. The summed E-state index contributed by atoms with van der Waals surface area (Å²) < 4.78 is 13.4. The Labute approximate surface area is 100 Å². The molecule has 0 bridgehead atoms. The normalized spacial score (nSPS) is 16.6. The van der Waals surface area contributed by atoms with Crippen LogP contribution < -0.4 is 10.6 Å². The number of hydrogen-bond donors (Lipinski definition) is 1. The molecule has 1 heterocycles. The largest absolute Gasteiger partial charge is 0.370 e. The Bertz CT molecular complexity index is 376. The van der Waals surface area contributed by atoms with E-state index in [1.54, 1.807) is 6.07 Å². The first-order valence-corrected chi connectivity index (χ1v) is 6.03. The van der Waals surface area contributed by atoms with Gasteiger partial charge in [-0.3, -0.25) is 0 Å². The van der Waals surface area contributed by atoms with Crippen LogP contribution in [0.2, 0.25) is 5.02 Å². The van der Waals surface area contributed by atoms with Gasteiger partial charge >= 0.3 is 0 Å². The lowest BCUT2D eigenvalue weighted by Gasteiger charge is -2.30. The third-order valence-electron chi connectivity index (χ3n) is 3.03. The summed E-state index contributed by atoms with van der Waals surface area (Å²) in [5.74, 6) is -0.312. The lowest BCUT2D eigenvalue weighted by atomic mass is 10.1. The van der Waals surface area contributed by atoms with Crippen LogP contribution in [0.3, 0.4) is 0 Å². The van der Waals surface area contributed by atoms with E-state index in [0.29, 0.717) is 10.6 Å². The molecule has 0 spiro atoms. The van der Waals surface area contributed by atoms with Crippen molar-refractivity contribution >= 4 is 17.3 Å². The van der Waals surface area contributed by atoms with E-state index in [2.05, 4.69) is 4.90 Å². The molecule has 0 amide bonds. The molecule has 16 heavy (non-hydrogen) atoms. The van der Waals surface area contributed by atoms with Crippen LogP contribution in [0, 0.1) is 5.82 Å². The molecule has 0 aromatic heterocycles.